The number of aryl methyl sites for hydroxylation is 3. The molecule has 0 aliphatic heterocycles. The van der Waals surface area contributed by atoms with Gasteiger partial charge in [-0.25, -0.2) is 0 Å². The van der Waals surface area contributed by atoms with Crippen molar-refractivity contribution in [3.8, 4) is 5.75 Å². The molecular formula is C19H25O3P. The van der Waals surface area contributed by atoms with Gasteiger partial charge in [0.15, 0.2) is 6.79 Å². The van der Waals surface area contributed by atoms with Gasteiger partial charge in [-0.15, -0.1) is 0 Å². The Morgan fingerprint density at radius 1 is 1.04 bits per heavy atom. The largest absolute Gasteiger partial charge is 0.467 e. The molecule has 2 atom stereocenters. The molecule has 2 aromatic rings. The molecule has 0 saturated heterocycles. The van der Waals surface area contributed by atoms with E-state index in [4.69, 9.17) is 9.47 Å². The van der Waals surface area contributed by atoms with Crippen LogP contribution in [0, 0.1) is 20.8 Å². The van der Waals surface area contributed by atoms with E-state index in [1.807, 2.05) is 13.8 Å². The Hall–Kier alpha value is -1.41. The zero-order valence-electron chi connectivity index (χ0n) is 14.4. The maximum Gasteiger partial charge on any atom is 0.188 e. The molecule has 4 heteroatoms. The number of aliphatic hydroxyl groups is 1. The van der Waals surface area contributed by atoms with E-state index >= 15 is 0 Å². The first kappa shape index (κ1) is 17.9. The SMILES string of the molecule is COCOc1c(C)cc(C)cc1Pc1ccc(C)cc1C(C)O. The summed E-state index contributed by atoms with van der Waals surface area (Å²) < 4.78 is 10.8. The second-order valence-electron chi connectivity index (χ2n) is 5.90. The van der Waals surface area contributed by atoms with Crippen molar-refractivity contribution in [2.75, 3.05) is 13.9 Å². The minimum Gasteiger partial charge on any atom is -0.467 e. The van der Waals surface area contributed by atoms with Crippen LogP contribution in [0.2, 0.25) is 0 Å². The number of aliphatic hydroxyl groups excluding tert-OH is 1. The summed E-state index contributed by atoms with van der Waals surface area (Å²) in [6.07, 6.45) is -0.480. The zero-order chi connectivity index (χ0) is 17.0. The predicted octanol–water partition coefficient (Wildman–Crippen LogP) is 3.28. The Kier molecular flexibility index (Phi) is 6.17. The van der Waals surface area contributed by atoms with Crippen LogP contribution in [0.1, 0.15) is 35.3 Å². The van der Waals surface area contributed by atoms with E-state index in [-0.39, 0.29) is 6.79 Å². The molecule has 0 saturated carbocycles. The van der Waals surface area contributed by atoms with E-state index < -0.39 is 6.10 Å². The molecule has 0 aliphatic carbocycles. The summed E-state index contributed by atoms with van der Waals surface area (Å²) in [7, 11) is 2.05. The van der Waals surface area contributed by atoms with Gasteiger partial charge in [-0.3, -0.25) is 0 Å². The molecule has 0 fully saturated rings. The van der Waals surface area contributed by atoms with E-state index in [0.717, 1.165) is 33.0 Å². The van der Waals surface area contributed by atoms with Crippen LogP contribution in [0.4, 0.5) is 0 Å². The highest BCUT2D eigenvalue weighted by atomic mass is 31.1. The van der Waals surface area contributed by atoms with Crippen molar-refractivity contribution in [2.45, 2.75) is 33.8 Å². The van der Waals surface area contributed by atoms with Crippen molar-refractivity contribution < 1.29 is 14.6 Å². The van der Waals surface area contributed by atoms with Gasteiger partial charge in [0.25, 0.3) is 0 Å². The van der Waals surface area contributed by atoms with E-state index in [9.17, 15) is 5.11 Å². The fourth-order valence-corrected chi connectivity index (χ4v) is 4.21. The van der Waals surface area contributed by atoms with Crippen LogP contribution in [0.15, 0.2) is 30.3 Å². The van der Waals surface area contributed by atoms with Crippen LogP contribution in [-0.4, -0.2) is 19.0 Å². The lowest BCUT2D eigenvalue weighted by Crippen LogP contribution is -2.15. The molecule has 0 amide bonds. The van der Waals surface area contributed by atoms with Crippen molar-refractivity contribution in [3.05, 3.63) is 52.6 Å². The maximum atomic E-state index is 10.1. The zero-order valence-corrected chi connectivity index (χ0v) is 15.4. The highest BCUT2D eigenvalue weighted by Crippen LogP contribution is 2.27. The summed E-state index contributed by atoms with van der Waals surface area (Å²) in [6, 6.07) is 10.5. The Balaban J connectivity index is 2.43. The average Bonchev–Trinajstić information content (AvgIpc) is 2.48. The minimum atomic E-state index is -0.480. The number of hydrogen-bond acceptors (Lipinski definition) is 3. The number of rotatable bonds is 6. The first-order valence-electron chi connectivity index (χ1n) is 7.71. The maximum absolute atomic E-state index is 10.1. The molecule has 2 aromatic carbocycles. The van der Waals surface area contributed by atoms with Crippen molar-refractivity contribution in [3.63, 3.8) is 0 Å². The second-order valence-corrected chi connectivity index (χ2v) is 7.23. The summed E-state index contributed by atoms with van der Waals surface area (Å²) in [5.41, 5.74) is 4.46. The smallest absolute Gasteiger partial charge is 0.188 e. The third kappa shape index (κ3) is 4.54. The van der Waals surface area contributed by atoms with E-state index in [1.165, 1.54) is 5.56 Å². The topological polar surface area (TPSA) is 38.7 Å². The van der Waals surface area contributed by atoms with Gasteiger partial charge in [-0.2, -0.15) is 0 Å². The fraction of sp³-hybridized carbons (Fsp3) is 0.368. The third-order valence-electron chi connectivity index (χ3n) is 3.67. The van der Waals surface area contributed by atoms with Crippen LogP contribution in [0.5, 0.6) is 5.75 Å². The molecule has 0 radical (unpaired) electrons. The van der Waals surface area contributed by atoms with E-state index in [1.54, 1.807) is 7.11 Å². The summed E-state index contributed by atoms with van der Waals surface area (Å²) in [5, 5.41) is 12.4. The number of benzene rings is 2. The molecule has 2 unspecified atom stereocenters. The Morgan fingerprint density at radius 3 is 2.43 bits per heavy atom. The van der Waals surface area contributed by atoms with Crippen LogP contribution in [-0.2, 0) is 4.74 Å². The van der Waals surface area contributed by atoms with Gasteiger partial charge in [-0.1, -0.05) is 38.4 Å². The first-order valence-corrected chi connectivity index (χ1v) is 8.71. The van der Waals surface area contributed by atoms with Gasteiger partial charge in [0.05, 0.1) is 6.10 Å². The quantitative estimate of drug-likeness (QED) is 0.652. The molecule has 0 aliphatic rings. The summed E-state index contributed by atoms with van der Waals surface area (Å²) >= 11 is 0. The van der Waals surface area contributed by atoms with Gasteiger partial charge in [-0.05, 0) is 55.8 Å². The molecule has 1 N–H and O–H groups in total. The predicted molar refractivity (Wildman–Crippen MR) is 97.8 cm³/mol. The molecule has 124 valence electrons. The molecular weight excluding hydrogens is 307 g/mol. The van der Waals surface area contributed by atoms with Crippen molar-refractivity contribution in [2.24, 2.45) is 0 Å². The third-order valence-corrected chi connectivity index (χ3v) is 5.03. The van der Waals surface area contributed by atoms with Crippen molar-refractivity contribution in [1.82, 2.24) is 0 Å². The number of ether oxygens (including phenoxy) is 2. The van der Waals surface area contributed by atoms with E-state index in [2.05, 4.69) is 44.2 Å². The molecule has 23 heavy (non-hydrogen) atoms. The van der Waals surface area contributed by atoms with Gasteiger partial charge >= 0.3 is 0 Å². The Bertz CT molecular complexity index is 681. The van der Waals surface area contributed by atoms with Gasteiger partial charge < -0.3 is 14.6 Å². The summed E-state index contributed by atoms with van der Waals surface area (Å²) in [4.78, 5) is 0. The molecule has 0 bridgehead atoms. The number of hydrogen-bond donors (Lipinski definition) is 1. The molecule has 0 aromatic heterocycles. The average molecular weight is 332 g/mol. The van der Waals surface area contributed by atoms with Crippen LogP contribution in [0.3, 0.4) is 0 Å². The Labute approximate surface area is 140 Å². The van der Waals surface area contributed by atoms with Crippen LogP contribution < -0.4 is 15.3 Å². The van der Waals surface area contributed by atoms with Gasteiger partial charge in [0.2, 0.25) is 0 Å². The molecule has 0 spiro atoms. The lowest BCUT2D eigenvalue weighted by Gasteiger charge is -2.18. The van der Waals surface area contributed by atoms with E-state index in [0.29, 0.717) is 8.58 Å². The van der Waals surface area contributed by atoms with Gasteiger partial charge in [0, 0.05) is 12.4 Å². The van der Waals surface area contributed by atoms with Crippen molar-refractivity contribution in [1.29, 1.82) is 0 Å². The van der Waals surface area contributed by atoms with Crippen LogP contribution in [0.25, 0.3) is 0 Å². The standard InChI is InChI=1S/C19H25O3P/c1-12-6-7-17(16(9-12)15(4)20)23-18-10-13(2)8-14(3)19(18)22-11-21-5/h6-10,15,20,23H,11H2,1-5H3. The van der Waals surface area contributed by atoms with Crippen LogP contribution >= 0.6 is 8.58 Å². The molecule has 3 nitrogen and oxygen atoms in total. The summed E-state index contributed by atoms with van der Waals surface area (Å²) in [5.74, 6) is 0.882. The lowest BCUT2D eigenvalue weighted by atomic mass is 10.1. The molecule has 0 heterocycles. The monoisotopic (exact) mass is 332 g/mol. The number of methoxy groups -OCH3 is 1. The first-order chi connectivity index (χ1) is 10.9. The molecule has 2 rings (SSSR count). The fourth-order valence-electron chi connectivity index (χ4n) is 2.64. The summed E-state index contributed by atoms with van der Waals surface area (Å²) in [6.45, 7) is 8.23. The highest BCUT2D eigenvalue weighted by Gasteiger charge is 2.14. The lowest BCUT2D eigenvalue weighted by molar-refractivity contribution is 0.0514. The minimum absolute atomic E-state index is 0.235. The highest BCUT2D eigenvalue weighted by molar-refractivity contribution is 7.55. The second kappa shape index (κ2) is 7.92. The normalized spacial score (nSPS) is 12.8. The Morgan fingerprint density at radius 2 is 1.78 bits per heavy atom. The van der Waals surface area contributed by atoms with Gasteiger partial charge in [0.1, 0.15) is 5.75 Å². The van der Waals surface area contributed by atoms with Crippen molar-refractivity contribution >= 4 is 19.2 Å².